The van der Waals surface area contributed by atoms with E-state index in [1.807, 2.05) is 13.8 Å². The summed E-state index contributed by atoms with van der Waals surface area (Å²) < 4.78 is 21.1. The molecule has 17 heteroatoms. The predicted molar refractivity (Wildman–Crippen MR) is 161 cm³/mol. The molecule has 3 unspecified atom stereocenters. The van der Waals surface area contributed by atoms with Crippen molar-refractivity contribution in [2.45, 2.75) is 69.1 Å². The Labute approximate surface area is 262 Å². The number of esters is 2. The second kappa shape index (κ2) is 13.2. The molecule has 43 heavy (non-hydrogen) atoms. The lowest BCUT2D eigenvalue weighted by atomic mass is 9.98. The summed E-state index contributed by atoms with van der Waals surface area (Å²) in [7, 11) is 1.29. The molecule has 0 aromatic carbocycles. The standard InChI is InChI=1S/C26H37N5O9S3/c1-24(2,3)21(34)37-13-38-22(35)26(43-9-14-7-8-39-25(4,5)40-14)11-31-19(33)17(20(31)42-12-26)29-18(32)16(30-36-6)15-10-41-23(27)28-15/h10,14,17,20H,7-9,11-13H2,1-6H3,(H2,27,28)(H,29,32)/t14?,17?,20-,26?/m1/s1. The third kappa shape index (κ3) is 7.74. The molecule has 0 aliphatic carbocycles. The highest BCUT2D eigenvalue weighted by atomic mass is 32.2. The number of β-lactam (4-membered cyclic amide) rings is 1. The number of rotatable bonds is 10. The first-order valence-electron chi connectivity index (χ1n) is 13.5. The minimum absolute atomic E-state index is 0.0425. The second-order valence-electron chi connectivity index (χ2n) is 11.6. The molecule has 0 saturated carbocycles. The van der Waals surface area contributed by atoms with Gasteiger partial charge in [0.15, 0.2) is 16.6 Å². The highest BCUT2D eigenvalue weighted by Crippen LogP contribution is 2.45. The van der Waals surface area contributed by atoms with Crippen molar-refractivity contribution in [3.05, 3.63) is 11.1 Å². The number of ether oxygens (including phenoxy) is 4. The molecule has 3 aliphatic rings. The Balaban J connectivity index is 1.44. The number of thiazole rings is 1. The third-order valence-corrected chi connectivity index (χ3v) is 10.7. The van der Waals surface area contributed by atoms with E-state index in [9.17, 15) is 19.2 Å². The van der Waals surface area contributed by atoms with E-state index in [-0.39, 0.29) is 40.8 Å². The molecule has 14 nitrogen and oxygen atoms in total. The van der Waals surface area contributed by atoms with E-state index in [4.69, 9.17) is 29.5 Å². The van der Waals surface area contributed by atoms with Crippen LogP contribution >= 0.6 is 34.9 Å². The predicted octanol–water partition coefficient (Wildman–Crippen LogP) is 1.58. The molecule has 238 valence electrons. The third-order valence-electron chi connectivity index (χ3n) is 6.75. The van der Waals surface area contributed by atoms with Gasteiger partial charge >= 0.3 is 11.9 Å². The Hall–Kier alpha value is -2.60. The van der Waals surface area contributed by atoms with Crippen molar-refractivity contribution in [1.29, 1.82) is 0 Å². The van der Waals surface area contributed by atoms with E-state index in [0.29, 0.717) is 18.8 Å². The van der Waals surface area contributed by atoms with Gasteiger partial charge in [0.25, 0.3) is 5.91 Å². The fourth-order valence-electron chi connectivity index (χ4n) is 4.51. The zero-order valence-electron chi connectivity index (χ0n) is 24.9. The number of amides is 2. The highest BCUT2D eigenvalue weighted by Gasteiger charge is 2.58. The lowest BCUT2D eigenvalue weighted by molar-refractivity contribution is -0.267. The zero-order chi connectivity index (χ0) is 31.6. The average Bonchev–Trinajstić information content (AvgIpc) is 3.37. The van der Waals surface area contributed by atoms with Gasteiger partial charge in [0.05, 0.1) is 18.1 Å². The van der Waals surface area contributed by atoms with Gasteiger partial charge in [-0.3, -0.25) is 19.2 Å². The Kier molecular flexibility index (Phi) is 10.2. The summed E-state index contributed by atoms with van der Waals surface area (Å²) in [5, 5.41) is 7.89. The van der Waals surface area contributed by atoms with Crippen molar-refractivity contribution in [2.75, 3.05) is 44.3 Å². The molecule has 4 atom stereocenters. The molecule has 2 amide bonds. The molecule has 3 saturated heterocycles. The van der Waals surface area contributed by atoms with Gasteiger partial charge in [0.2, 0.25) is 12.7 Å². The number of carbonyl (C=O) groups excluding carboxylic acids is 4. The minimum atomic E-state index is -1.16. The van der Waals surface area contributed by atoms with E-state index >= 15 is 0 Å². The lowest BCUT2D eigenvalue weighted by Crippen LogP contribution is -2.75. The van der Waals surface area contributed by atoms with Crippen LogP contribution in [-0.4, -0.2) is 106 Å². The van der Waals surface area contributed by atoms with E-state index < -0.39 is 52.0 Å². The van der Waals surface area contributed by atoms with E-state index in [2.05, 4.69) is 15.5 Å². The van der Waals surface area contributed by atoms with Crippen LogP contribution < -0.4 is 11.1 Å². The summed E-state index contributed by atoms with van der Waals surface area (Å²) in [6.07, 6.45) is 0.463. The van der Waals surface area contributed by atoms with Gasteiger partial charge in [-0.2, -0.15) is 0 Å². The van der Waals surface area contributed by atoms with Gasteiger partial charge < -0.3 is 39.7 Å². The Morgan fingerprint density at radius 1 is 1.30 bits per heavy atom. The molecule has 0 radical (unpaired) electrons. The molecule has 1 aromatic rings. The van der Waals surface area contributed by atoms with Crippen LogP contribution in [0.4, 0.5) is 5.13 Å². The summed E-state index contributed by atoms with van der Waals surface area (Å²) in [6, 6.07) is -0.845. The first kappa shape index (κ1) is 33.3. The first-order valence-corrected chi connectivity index (χ1v) is 16.4. The molecule has 4 rings (SSSR count). The van der Waals surface area contributed by atoms with E-state index in [1.54, 1.807) is 26.2 Å². The molecular formula is C26H37N5O9S3. The van der Waals surface area contributed by atoms with Crippen molar-refractivity contribution in [1.82, 2.24) is 15.2 Å². The van der Waals surface area contributed by atoms with Crippen molar-refractivity contribution in [2.24, 2.45) is 10.6 Å². The molecule has 3 fully saturated rings. The van der Waals surface area contributed by atoms with Crippen molar-refractivity contribution >= 4 is 69.5 Å². The number of hydrogen-bond donors (Lipinski definition) is 2. The number of hydrogen-bond acceptors (Lipinski definition) is 15. The van der Waals surface area contributed by atoms with Crippen LogP contribution in [0.15, 0.2) is 10.5 Å². The van der Waals surface area contributed by atoms with Crippen molar-refractivity contribution < 1.29 is 43.0 Å². The number of carbonyl (C=O) groups is 4. The van der Waals surface area contributed by atoms with Crippen LogP contribution in [-0.2, 0) is 43.0 Å². The Morgan fingerprint density at radius 2 is 2.05 bits per heavy atom. The monoisotopic (exact) mass is 659 g/mol. The fourth-order valence-corrected chi connectivity index (χ4v) is 8.12. The summed E-state index contributed by atoms with van der Waals surface area (Å²) in [4.78, 5) is 62.5. The Morgan fingerprint density at radius 3 is 2.67 bits per heavy atom. The second-order valence-corrected chi connectivity index (χ2v) is 15.0. The SMILES string of the molecule is CON=C(C(=O)NC1C(=O)N2CC(SCC3CCOC(C)(C)O3)(C(=O)OCOC(=O)C(C)(C)C)CS[C@H]12)c1csc(N)n1. The fraction of sp³-hybridized carbons (Fsp3) is 0.692. The molecule has 3 N–H and O–H groups in total. The van der Waals surface area contributed by atoms with Crippen LogP contribution in [0.1, 0.15) is 46.7 Å². The van der Waals surface area contributed by atoms with Crippen molar-refractivity contribution in [3.63, 3.8) is 0 Å². The number of nitrogen functional groups attached to an aromatic ring is 1. The summed E-state index contributed by atoms with van der Waals surface area (Å²) in [5.41, 5.74) is 5.05. The molecule has 3 aliphatic heterocycles. The topological polar surface area (TPSA) is 181 Å². The van der Waals surface area contributed by atoms with Gasteiger partial charge in [-0.15, -0.1) is 34.9 Å². The number of nitrogens with one attached hydrogen (secondary N) is 1. The van der Waals surface area contributed by atoms with Gasteiger partial charge in [-0.25, -0.2) is 4.98 Å². The summed E-state index contributed by atoms with van der Waals surface area (Å²) >= 11 is 3.83. The largest absolute Gasteiger partial charge is 0.427 e. The molecular weight excluding hydrogens is 623 g/mol. The van der Waals surface area contributed by atoms with Crippen LogP contribution in [0, 0.1) is 5.41 Å². The van der Waals surface area contributed by atoms with Gasteiger partial charge in [0.1, 0.15) is 29.0 Å². The number of thioether (sulfide) groups is 2. The maximum Gasteiger partial charge on any atom is 0.327 e. The van der Waals surface area contributed by atoms with Crippen LogP contribution in [0.5, 0.6) is 0 Å². The summed E-state index contributed by atoms with van der Waals surface area (Å²) in [5.74, 6) is -2.14. The van der Waals surface area contributed by atoms with Gasteiger partial charge in [-0.1, -0.05) is 5.16 Å². The van der Waals surface area contributed by atoms with Crippen molar-refractivity contribution in [3.8, 4) is 0 Å². The first-order chi connectivity index (χ1) is 20.2. The normalized spacial score (nSPS) is 27.0. The summed E-state index contributed by atoms with van der Waals surface area (Å²) in [6.45, 7) is 8.77. The highest BCUT2D eigenvalue weighted by molar-refractivity contribution is 8.05. The number of nitrogens with zero attached hydrogens (tertiary/aromatic N) is 3. The number of nitrogens with two attached hydrogens (primary N) is 1. The molecule has 0 bridgehead atoms. The van der Waals surface area contributed by atoms with Crippen LogP contribution in [0.25, 0.3) is 0 Å². The number of oxime groups is 1. The maximum absolute atomic E-state index is 13.5. The minimum Gasteiger partial charge on any atom is -0.427 e. The maximum atomic E-state index is 13.5. The van der Waals surface area contributed by atoms with E-state index in [0.717, 1.165) is 11.3 Å². The van der Waals surface area contributed by atoms with Gasteiger partial charge in [0, 0.05) is 23.4 Å². The van der Waals surface area contributed by atoms with E-state index in [1.165, 1.54) is 35.5 Å². The number of anilines is 1. The molecule has 1 aromatic heterocycles. The Bertz CT molecular complexity index is 1270. The number of fused-ring (bicyclic) bond motifs is 1. The lowest BCUT2D eigenvalue weighted by Gasteiger charge is -2.54. The average molecular weight is 660 g/mol. The molecule has 0 spiro atoms. The van der Waals surface area contributed by atoms with Crippen LogP contribution in [0.3, 0.4) is 0 Å². The number of aromatic nitrogens is 1. The smallest absolute Gasteiger partial charge is 0.327 e. The zero-order valence-corrected chi connectivity index (χ0v) is 27.3. The van der Waals surface area contributed by atoms with Crippen LogP contribution in [0.2, 0.25) is 0 Å². The van der Waals surface area contributed by atoms with Gasteiger partial charge in [-0.05, 0) is 41.0 Å². The molecule has 4 heterocycles. The quantitative estimate of drug-likeness (QED) is 0.122.